The van der Waals surface area contributed by atoms with Crippen LogP contribution < -0.4 is 0 Å². The molecule has 0 bridgehead atoms. The Morgan fingerprint density at radius 2 is 2.05 bits per heavy atom. The second-order valence-corrected chi connectivity index (χ2v) is 5.39. The maximum Gasteiger partial charge on any atom is 0.143 e. The number of hydrogen-bond acceptors (Lipinski definition) is 2. The van der Waals surface area contributed by atoms with Crippen LogP contribution in [0.3, 0.4) is 0 Å². The van der Waals surface area contributed by atoms with Gasteiger partial charge in [0.05, 0.1) is 11.6 Å². The van der Waals surface area contributed by atoms with Gasteiger partial charge in [-0.3, -0.25) is 9.48 Å². The first-order valence-electron chi connectivity index (χ1n) is 6.77. The largest absolute Gasteiger partial charge is 0.299 e. The summed E-state index contributed by atoms with van der Waals surface area (Å²) in [6, 6.07) is 10.2. The maximum atomic E-state index is 12.5. The Morgan fingerprint density at radius 3 is 2.63 bits per heavy atom. The standard InChI is InChI=1S/C16H18N2O/c1-18-12-13(11-17-18)7-8-15(19)16(9-10-16)14-5-3-2-4-6-14/h2-6,11-12H,7-10H2,1H3. The van der Waals surface area contributed by atoms with E-state index in [1.165, 1.54) is 5.56 Å². The quantitative estimate of drug-likeness (QED) is 0.822. The summed E-state index contributed by atoms with van der Waals surface area (Å²) in [4.78, 5) is 12.5. The average molecular weight is 254 g/mol. The summed E-state index contributed by atoms with van der Waals surface area (Å²) >= 11 is 0. The first-order chi connectivity index (χ1) is 9.21. The molecule has 1 aliphatic rings. The van der Waals surface area contributed by atoms with Crippen molar-refractivity contribution < 1.29 is 4.79 Å². The number of aromatic nitrogens is 2. The first-order valence-corrected chi connectivity index (χ1v) is 6.77. The second-order valence-electron chi connectivity index (χ2n) is 5.39. The Labute approximate surface area is 113 Å². The summed E-state index contributed by atoms with van der Waals surface area (Å²) in [5.41, 5.74) is 2.15. The summed E-state index contributed by atoms with van der Waals surface area (Å²) in [6.07, 6.45) is 7.23. The van der Waals surface area contributed by atoms with Gasteiger partial charge in [-0.2, -0.15) is 5.10 Å². The molecule has 0 unspecified atom stereocenters. The number of Topliss-reactive ketones (excluding diaryl/α,β-unsaturated/α-hetero) is 1. The normalized spacial score (nSPS) is 16.3. The van der Waals surface area contributed by atoms with Crippen LogP contribution in [-0.4, -0.2) is 15.6 Å². The van der Waals surface area contributed by atoms with Gasteiger partial charge in [0.2, 0.25) is 0 Å². The number of benzene rings is 1. The Kier molecular flexibility index (Phi) is 2.97. The molecule has 1 aromatic heterocycles. The van der Waals surface area contributed by atoms with Gasteiger partial charge in [-0.15, -0.1) is 0 Å². The fourth-order valence-corrected chi connectivity index (χ4v) is 2.71. The van der Waals surface area contributed by atoms with Gasteiger partial charge in [0.1, 0.15) is 5.78 Å². The molecule has 0 aliphatic heterocycles. The van der Waals surface area contributed by atoms with E-state index in [0.29, 0.717) is 12.2 Å². The Balaban J connectivity index is 1.68. The van der Waals surface area contributed by atoms with Gasteiger partial charge in [-0.25, -0.2) is 0 Å². The molecule has 98 valence electrons. The van der Waals surface area contributed by atoms with Crippen molar-refractivity contribution in [3.05, 3.63) is 53.9 Å². The first kappa shape index (κ1) is 12.2. The lowest BCUT2D eigenvalue weighted by atomic mass is 9.88. The molecule has 0 amide bonds. The lowest BCUT2D eigenvalue weighted by Gasteiger charge is -2.14. The van der Waals surface area contributed by atoms with Gasteiger partial charge < -0.3 is 0 Å². The molecule has 2 aromatic rings. The molecular weight excluding hydrogens is 236 g/mol. The van der Waals surface area contributed by atoms with E-state index in [0.717, 1.165) is 24.8 Å². The van der Waals surface area contributed by atoms with Crippen molar-refractivity contribution in [1.29, 1.82) is 0 Å². The fourth-order valence-electron chi connectivity index (χ4n) is 2.71. The number of ketones is 1. The van der Waals surface area contributed by atoms with E-state index >= 15 is 0 Å². The van der Waals surface area contributed by atoms with Crippen LogP contribution in [0.4, 0.5) is 0 Å². The van der Waals surface area contributed by atoms with Crippen LogP contribution in [-0.2, 0) is 23.7 Å². The van der Waals surface area contributed by atoms with E-state index in [9.17, 15) is 4.79 Å². The van der Waals surface area contributed by atoms with Gasteiger partial charge in [0.15, 0.2) is 0 Å². The molecule has 0 atom stereocenters. The maximum absolute atomic E-state index is 12.5. The van der Waals surface area contributed by atoms with Crippen molar-refractivity contribution in [3.8, 4) is 0 Å². The van der Waals surface area contributed by atoms with Gasteiger partial charge in [0, 0.05) is 19.7 Å². The minimum atomic E-state index is -0.177. The van der Waals surface area contributed by atoms with E-state index in [2.05, 4.69) is 17.2 Å². The minimum absolute atomic E-state index is 0.177. The van der Waals surface area contributed by atoms with Crippen LogP contribution in [0.25, 0.3) is 0 Å². The Hall–Kier alpha value is -1.90. The predicted octanol–water partition coefficient (Wildman–Crippen LogP) is 2.65. The van der Waals surface area contributed by atoms with Gasteiger partial charge in [-0.05, 0) is 30.4 Å². The van der Waals surface area contributed by atoms with Crippen LogP contribution in [0.1, 0.15) is 30.4 Å². The van der Waals surface area contributed by atoms with Crippen molar-refractivity contribution in [1.82, 2.24) is 9.78 Å². The molecule has 3 heteroatoms. The molecule has 1 aromatic carbocycles. The molecule has 3 rings (SSSR count). The van der Waals surface area contributed by atoms with Crippen molar-refractivity contribution in [3.63, 3.8) is 0 Å². The average Bonchev–Trinajstić information content (AvgIpc) is 3.15. The SMILES string of the molecule is Cn1cc(CCC(=O)C2(c3ccccc3)CC2)cn1. The third-order valence-corrected chi connectivity index (χ3v) is 4.01. The van der Waals surface area contributed by atoms with Crippen LogP contribution in [0.5, 0.6) is 0 Å². The molecule has 1 fully saturated rings. The molecule has 1 aliphatic carbocycles. The van der Waals surface area contributed by atoms with Crippen LogP contribution >= 0.6 is 0 Å². The molecular formula is C16H18N2O. The lowest BCUT2D eigenvalue weighted by molar-refractivity contribution is -0.121. The highest BCUT2D eigenvalue weighted by atomic mass is 16.1. The second kappa shape index (κ2) is 4.65. The molecule has 19 heavy (non-hydrogen) atoms. The fraction of sp³-hybridized carbons (Fsp3) is 0.375. The molecule has 1 heterocycles. The monoisotopic (exact) mass is 254 g/mol. The highest BCUT2D eigenvalue weighted by Crippen LogP contribution is 2.49. The summed E-state index contributed by atoms with van der Waals surface area (Å²) < 4.78 is 1.78. The summed E-state index contributed by atoms with van der Waals surface area (Å²) in [7, 11) is 1.90. The number of rotatable bonds is 5. The van der Waals surface area contributed by atoms with E-state index in [1.54, 1.807) is 4.68 Å². The molecule has 3 nitrogen and oxygen atoms in total. The number of aryl methyl sites for hydroxylation is 2. The lowest BCUT2D eigenvalue weighted by Crippen LogP contribution is -2.20. The molecule has 0 radical (unpaired) electrons. The zero-order chi connectivity index (χ0) is 13.3. The topological polar surface area (TPSA) is 34.9 Å². The van der Waals surface area contributed by atoms with Crippen molar-refractivity contribution in [2.75, 3.05) is 0 Å². The van der Waals surface area contributed by atoms with Crippen LogP contribution in [0.15, 0.2) is 42.7 Å². The van der Waals surface area contributed by atoms with Crippen LogP contribution in [0, 0.1) is 0 Å². The van der Waals surface area contributed by atoms with E-state index in [1.807, 2.05) is 37.6 Å². The van der Waals surface area contributed by atoms with Crippen molar-refractivity contribution >= 4 is 5.78 Å². The van der Waals surface area contributed by atoms with Gasteiger partial charge in [0.25, 0.3) is 0 Å². The Bertz CT molecular complexity index is 582. The third kappa shape index (κ3) is 2.33. The van der Waals surface area contributed by atoms with E-state index in [4.69, 9.17) is 0 Å². The minimum Gasteiger partial charge on any atom is -0.299 e. The smallest absolute Gasteiger partial charge is 0.143 e. The van der Waals surface area contributed by atoms with Crippen LogP contribution in [0.2, 0.25) is 0 Å². The number of nitrogens with zero attached hydrogens (tertiary/aromatic N) is 2. The summed E-state index contributed by atoms with van der Waals surface area (Å²) in [5, 5.41) is 4.14. The predicted molar refractivity (Wildman–Crippen MR) is 73.9 cm³/mol. The summed E-state index contributed by atoms with van der Waals surface area (Å²) in [6.45, 7) is 0. The van der Waals surface area contributed by atoms with Crippen molar-refractivity contribution in [2.24, 2.45) is 7.05 Å². The molecule has 1 saturated carbocycles. The highest BCUT2D eigenvalue weighted by Gasteiger charge is 2.49. The summed E-state index contributed by atoms with van der Waals surface area (Å²) in [5.74, 6) is 0.377. The highest BCUT2D eigenvalue weighted by molar-refractivity contribution is 5.93. The van der Waals surface area contributed by atoms with Gasteiger partial charge >= 0.3 is 0 Å². The number of carbonyl (C=O) groups excluding carboxylic acids is 1. The zero-order valence-corrected chi connectivity index (χ0v) is 11.2. The third-order valence-electron chi connectivity index (χ3n) is 4.01. The van der Waals surface area contributed by atoms with E-state index in [-0.39, 0.29) is 5.41 Å². The van der Waals surface area contributed by atoms with Gasteiger partial charge in [-0.1, -0.05) is 30.3 Å². The Morgan fingerprint density at radius 1 is 1.32 bits per heavy atom. The van der Waals surface area contributed by atoms with E-state index < -0.39 is 0 Å². The molecule has 0 spiro atoms. The van der Waals surface area contributed by atoms with Crippen molar-refractivity contribution in [2.45, 2.75) is 31.1 Å². The molecule has 0 saturated heterocycles. The molecule has 0 N–H and O–H groups in total. The number of carbonyl (C=O) groups is 1. The number of hydrogen-bond donors (Lipinski definition) is 0. The zero-order valence-electron chi connectivity index (χ0n) is 11.2.